The molecule has 8 nitrogen and oxygen atoms in total. The van der Waals surface area contributed by atoms with Gasteiger partial charge in [-0.15, -0.1) is 0 Å². The second kappa shape index (κ2) is 7.89. The Labute approximate surface area is 162 Å². The van der Waals surface area contributed by atoms with E-state index in [1.807, 2.05) is 0 Å². The van der Waals surface area contributed by atoms with E-state index in [1.165, 1.54) is 24.3 Å². The molecule has 3 rings (SSSR count). The van der Waals surface area contributed by atoms with Gasteiger partial charge < -0.3 is 15.1 Å². The maximum atomic E-state index is 12.6. The van der Waals surface area contributed by atoms with Crippen molar-refractivity contribution in [3.8, 4) is 5.75 Å². The first-order chi connectivity index (χ1) is 13.3. The summed E-state index contributed by atoms with van der Waals surface area (Å²) in [5, 5.41) is 18.6. The predicted molar refractivity (Wildman–Crippen MR) is 102 cm³/mol. The van der Waals surface area contributed by atoms with E-state index in [0.717, 1.165) is 31.4 Å². The lowest BCUT2D eigenvalue weighted by atomic mass is 10.1. The van der Waals surface area contributed by atoms with Gasteiger partial charge in [-0.05, 0) is 49.6 Å². The standard InChI is InChI=1S/C19H20N2O6S/c22-17-12-14(7-8-16(17)19(24)25)20-28(26,27)15-6-4-5-13(11-15)18(23)21-9-2-1-3-10-21/h4-8,11-12,20,22H,1-3,9-10H2,(H,24,25). The summed E-state index contributed by atoms with van der Waals surface area (Å²) >= 11 is 0. The molecular weight excluding hydrogens is 384 g/mol. The number of phenols is 1. The van der Waals surface area contributed by atoms with Crippen molar-refractivity contribution in [1.82, 2.24) is 4.90 Å². The van der Waals surface area contributed by atoms with Crippen LogP contribution in [0.25, 0.3) is 0 Å². The number of carboxylic acids is 1. The molecule has 0 atom stereocenters. The number of aromatic hydroxyl groups is 1. The Hall–Kier alpha value is -3.07. The van der Waals surface area contributed by atoms with Gasteiger partial charge in [0.2, 0.25) is 0 Å². The molecule has 0 bridgehead atoms. The first-order valence-electron chi connectivity index (χ1n) is 8.76. The van der Waals surface area contributed by atoms with Crippen LogP contribution in [0.5, 0.6) is 5.75 Å². The Morgan fingerprint density at radius 1 is 1.00 bits per heavy atom. The van der Waals surface area contributed by atoms with Crippen molar-refractivity contribution in [3.63, 3.8) is 0 Å². The predicted octanol–water partition coefficient (Wildman–Crippen LogP) is 2.52. The third-order valence-electron chi connectivity index (χ3n) is 4.51. The Morgan fingerprint density at radius 2 is 1.71 bits per heavy atom. The number of carboxylic acid groups (broad SMARTS) is 1. The zero-order valence-electron chi connectivity index (χ0n) is 15.0. The summed E-state index contributed by atoms with van der Waals surface area (Å²) in [7, 11) is -4.03. The highest BCUT2D eigenvalue weighted by Crippen LogP contribution is 2.25. The van der Waals surface area contributed by atoms with E-state index in [9.17, 15) is 23.1 Å². The van der Waals surface area contributed by atoms with Crippen LogP contribution in [0.2, 0.25) is 0 Å². The smallest absolute Gasteiger partial charge is 0.339 e. The van der Waals surface area contributed by atoms with Crippen molar-refractivity contribution in [3.05, 3.63) is 53.6 Å². The third kappa shape index (κ3) is 4.25. The highest BCUT2D eigenvalue weighted by molar-refractivity contribution is 7.92. The van der Waals surface area contributed by atoms with Crippen LogP contribution >= 0.6 is 0 Å². The minimum Gasteiger partial charge on any atom is -0.507 e. The Kier molecular flexibility index (Phi) is 5.55. The lowest BCUT2D eigenvalue weighted by Gasteiger charge is -2.26. The van der Waals surface area contributed by atoms with E-state index in [4.69, 9.17) is 5.11 Å². The number of likely N-dealkylation sites (tertiary alicyclic amines) is 1. The minimum atomic E-state index is -4.03. The Balaban J connectivity index is 1.83. The van der Waals surface area contributed by atoms with Crippen LogP contribution in [-0.4, -0.2) is 48.5 Å². The first-order valence-corrected chi connectivity index (χ1v) is 10.2. The summed E-state index contributed by atoms with van der Waals surface area (Å²) in [5.74, 6) is -2.09. The highest BCUT2D eigenvalue weighted by atomic mass is 32.2. The van der Waals surface area contributed by atoms with Crippen molar-refractivity contribution >= 4 is 27.6 Å². The number of piperidine rings is 1. The monoisotopic (exact) mass is 404 g/mol. The molecule has 1 heterocycles. The van der Waals surface area contributed by atoms with Gasteiger partial charge in [-0.25, -0.2) is 13.2 Å². The largest absolute Gasteiger partial charge is 0.507 e. The maximum absolute atomic E-state index is 12.6. The molecule has 1 aliphatic heterocycles. The minimum absolute atomic E-state index is 0.00950. The summed E-state index contributed by atoms with van der Waals surface area (Å²) in [6.45, 7) is 1.31. The lowest BCUT2D eigenvalue weighted by Crippen LogP contribution is -2.35. The van der Waals surface area contributed by atoms with E-state index in [0.29, 0.717) is 13.1 Å². The van der Waals surface area contributed by atoms with E-state index < -0.39 is 21.7 Å². The van der Waals surface area contributed by atoms with Crippen LogP contribution in [0.3, 0.4) is 0 Å². The van der Waals surface area contributed by atoms with Crippen molar-refractivity contribution in [2.75, 3.05) is 17.8 Å². The molecule has 1 amide bonds. The molecule has 1 aliphatic rings. The van der Waals surface area contributed by atoms with Crippen LogP contribution in [0.15, 0.2) is 47.4 Å². The number of hydrogen-bond acceptors (Lipinski definition) is 5. The van der Waals surface area contributed by atoms with Gasteiger partial charge in [-0.3, -0.25) is 9.52 Å². The molecule has 1 saturated heterocycles. The number of hydrogen-bond donors (Lipinski definition) is 3. The maximum Gasteiger partial charge on any atom is 0.339 e. The van der Waals surface area contributed by atoms with Gasteiger partial charge in [0, 0.05) is 24.7 Å². The second-order valence-corrected chi connectivity index (χ2v) is 8.21. The molecule has 3 N–H and O–H groups in total. The number of amides is 1. The normalized spacial score (nSPS) is 14.5. The topological polar surface area (TPSA) is 124 Å². The number of carbonyl (C=O) groups excluding carboxylic acids is 1. The van der Waals surface area contributed by atoms with Gasteiger partial charge in [0.1, 0.15) is 11.3 Å². The molecule has 148 valence electrons. The van der Waals surface area contributed by atoms with Crippen molar-refractivity contribution in [2.45, 2.75) is 24.2 Å². The van der Waals surface area contributed by atoms with E-state index in [1.54, 1.807) is 11.0 Å². The summed E-state index contributed by atoms with van der Waals surface area (Å²) in [6.07, 6.45) is 2.94. The average Bonchev–Trinajstić information content (AvgIpc) is 2.67. The van der Waals surface area contributed by atoms with Crippen molar-refractivity contribution in [1.29, 1.82) is 0 Å². The fourth-order valence-corrected chi connectivity index (χ4v) is 4.16. The van der Waals surface area contributed by atoms with Crippen LogP contribution in [-0.2, 0) is 10.0 Å². The van der Waals surface area contributed by atoms with Gasteiger partial charge >= 0.3 is 5.97 Å². The molecular formula is C19H20N2O6S. The summed E-state index contributed by atoms with van der Waals surface area (Å²) in [6, 6.07) is 9.10. The van der Waals surface area contributed by atoms with E-state index in [-0.39, 0.29) is 27.6 Å². The van der Waals surface area contributed by atoms with Gasteiger partial charge in [0.05, 0.1) is 10.6 Å². The fourth-order valence-electron chi connectivity index (χ4n) is 3.07. The molecule has 0 aromatic heterocycles. The van der Waals surface area contributed by atoms with Crippen molar-refractivity contribution in [2.24, 2.45) is 0 Å². The number of aromatic carboxylic acids is 1. The van der Waals surface area contributed by atoms with Crippen LogP contribution in [0, 0.1) is 0 Å². The first kappa shape index (κ1) is 19.7. The molecule has 2 aromatic carbocycles. The number of nitrogens with zero attached hydrogens (tertiary/aromatic N) is 1. The number of nitrogens with one attached hydrogen (secondary N) is 1. The van der Waals surface area contributed by atoms with Gasteiger partial charge in [-0.2, -0.15) is 0 Å². The molecule has 9 heteroatoms. The number of anilines is 1. The van der Waals surface area contributed by atoms with Crippen LogP contribution in [0.1, 0.15) is 40.0 Å². The number of benzene rings is 2. The summed E-state index contributed by atoms with van der Waals surface area (Å²) in [5.41, 5.74) is -0.0406. The van der Waals surface area contributed by atoms with E-state index in [2.05, 4.69) is 4.72 Å². The zero-order valence-corrected chi connectivity index (χ0v) is 15.8. The molecule has 28 heavy (non-hydrogen) atoms. The third-order valence-corrected chi connectivity index (χ3v) is 5.89. The molecule has 2 aromatic rings. The van der Waals surface area contributed by atoms with Gasteiger partial charge in [0.25, 0.3) is 15.9 Å². The number of carbonyl (C=O) groups is 2. The SMILES string of the molecule is O=C(O)c1ccc(NS(=O)(=O)c2cccc(C(=O)N3CCCCC3)c2)cc1O. The average molecular weight is 404 g/mol. The Bertz CT molecular complexity index is 1010. The number of sulfonamides is 1. The van der Waals surface area contributed by atoms with E-state index >= 15 is 0 Å². The van der Waals surface area contributed by atoms with Gasteiger partial charge in [-0.1, -0.05) is 6.07 Å². The van der Waals surface area contributed by atoms with Crippen LogP contribution in [0.4, 0.5) is 5.69 Å². The quantitative estimate of drug-likeness (QED) is 0.703. The zero-order chi connectivity index (χ0) is 20.3. The fraction of sp³-hybridized carbons (Fsp3) is 0.263. The van der Waals surface area contributed by atoms with Crippen LogP contribution < -0.4 is 4.72 Å². The highest BCUT2D eigenvalue weighted by Gasteiger charge is 2.21. The molecule has 0 spiro atoms. The molecule has 0 saturated carbocycles. The second-order valence-electron chi connectivity index (χ2n) is 6.52. The molecule has 1 fully saturated rings. The van der Waals surface area contributed by atoms with Gasteiger partial charge in [0.15, 0.2) is 0 Å². The Morgan fingerprint density at radius 3 is 2.36 bits per heavy atom. The summed E-state index contributed by atoms with van der Waals surface area (Å²) in [4.78, 5) is 25.2. The molecule has 0 unspecified atom stereocenters. The van der Waals surface area contributed by atoms with Crippen molar-refractivity contribution < 1.29 is 28.2 Å². The summed E-state index contributed by atoms with van der Waals surface area (Å²) < 4.78 is 27.6. The molecule has 0 aliphatic carbocycles. The number of rotatable bonds is 5. The molecule has 0 radical (unpaired) electrons. The lowest BCUT2D eigenvalue weighted by molar-refractivity contribution is 0.0691.